The maximum absolute atomic E-state index is 13.7. The first kappa shape index (κ1) is 25.5. The second-order valence-corrected chi connectivity index (χ2v) is 9.84. The van der Waals surface area contributed by atoms with E-state index in [0.717, 1.165) is 42.2 Å². The van der Waals surface area contributed by atoms with Crippen LogP contribution in [0.2, 0.25) is 0 Å². The zero-order valence-electron chi connectivity index (χ0n) is 21.0. The Labute approximate surface area is 219 Å². The van der Waals surface area contributed by atoms with E-state index in [4.69, 9.17) is 5.26 Å². The fraction of sp³-hybridized carbons (Fsp3) is 0.357. The summed E-state index contributed by atoms with van der Waals surface area (Å²) < 4.78 is 27.4. The van der Waals surface area contributed by atoms with Crippen LogP contribution in [0.15, 0.2) is 54.7 Å². The molecule has 0 spiro atoms. The van der Waals surface area contributed by atoms with Crippen LogP contribution in [0.25, 0.3) is 22.0 Å². The molecule has 2 aliphatic heterocycles. The maximum atomic E-state index is 13.7. The molecule has 0 saturated carbocycles. The number of nitrogens with zero attached hydrogens (tertiary/aromatic N) is 5. The van der Waals surface area contributed by atoms with Crippen molar-refractivity contribution in [2.45, 2.75) is 18.4 Å². The normalized spacial score (nSPS) is 19.4. The van der Waals surface area contributed by atoms with E-state index in [1.54, 1.807) is 12.1 Å². The number of carbonyl (C=O) groups is 2. The fourth-order valence-corrected chi connectivity index (χ4v) is 5.00. The Hall–Kier alpha value is -4.10. The van der Waals surface area contributed by atoms with E-state index < -0.39 is 43.3 Å². The number of benzene rings is 2. The molecule has 0 unspecified atom stereocenters. The van der Waals surface area contributed by atoms with E-state index in [1.165, 1.54) is 11.9 Å². The molecular formula is C28H28F2N6O2. The van der Waals surface area contributed by atoms with Crippen molar-refractivity contribution in [1.82, 2.24) is 20.1 Å². The number of carbonyl (C=O) groups excluding carboxylic acids is 2. The minimum absolute atomic E-state index is 0.322. The van der Waals surface area contributed by atoms with Gasteiger partial charge >= 0.3 is 0 Å². The molecule has 0 aliphatic carbocycles. The molecule has 0 radical (unpaired) electrons. The first-order valence-corrected chi connectivity index (χ1v) is 12.5. The van der Waals surface area contributed by atoms with E-state index in [9.17, 15) is 18.4 Å². The van der Waals surface area contributed by atoms with Crippen molar-refractivity contribution in [3.8, 4) is 17.2 Å². The van der Waals surface area contributed by atoms with E-state index in [0.29, 0.717) is 16.5 Å². The number of nitrogens with one attached hydrogen (secondary N) is 1. The Morgan fingerprint density at radius 1 is 1.08 bits per heavy atom. The quantitative estimate of drug-likeness (QED) is 0.558. The molecule has 2 aromatic carbocycles. The molecule has 8 nitrogen and oxygen atoms in total. The van der Waals surface area contributed by atoms with Crippen LogP contribution < -0.4 is 10.2 Å². The smallest absolute Gasteiger partial charge is 0.268 e. The summed E-state index contributed by atoms with van der Waals surface area (Å²) in [5.74, 6) is -4.35. The molecule has 10 heteroatoms. The van der Waals surface area contributed by atoms with Crippen molar-refractivity contribution in [2.75, 3.05) is 51.2 Å². The molecule has 1 atom stereocenters. The fourth-order valence-electron chi connectivity index (χ4n) is 5.00. The number of fused-ring (bicyclic) bond motifs is 1. The van der Waals surface area contributed by atoms with Crippen molar-refractivity contribution >= 4 is 28.4 Å². The number of aromatic nitrogens is 1. The summed E-state index contributed by atoms with van der Waals surface area (Å²) in [7, 11) is 2.13. The summed E-state index contributed by atoms with van der Waals surface area (Å²) in [6, 6.07) is 16.1. The molecule has 2 amide bonds. The molecule has 0 bridgehead atoms. The van der Waals surface area contributed by atoms with E-state index >= 15 is 0 Å². The lowest BCUT2D eigenvalue weighted by Crippen LogP contribution is -2.44. The first-order valence-electron chi connectivity index (χ1n) is 12.5. The van der Waals surface area contributed by atoms with Crippen LogP contribution in [0.3, 0.4) is 0 Å². The molecular weight excluding hydrogens is 490 g/mol. The van der Waals surface area contributed by atoms with Crippen molar-refractivity contribution in [3.63, 3.8) is 0 Å². The first-order chi connectivity index (χ1) is 18.2. The highest BCUT2D eigenvalue weighted by molar-refractivity contribution is 6.07. The minimum Gasteiger partial charge on any atom is -0.369 e. The molecule has 1 N–H and O–H groups in total. The van der Waals surface area contributed by atoms with E-state index in [2.05, 4.69) is 51.4 Å². The van der Waals surface area contributed by atoms with Gasteiger partial charge in [-0.2, -0.15) is 5.26 Å². The third-order valence-electron chi connectivity index (χ3n) is 7.19. The Kier molecular flexibility index (Phi) is 6.95. The van der Waals surface area contributed by atoms with Gasteiger partial charge in [-0.25, -0.2) is 8.78 Å². The van der Waals surface area contributed by atoms with E-state index in [1.807, 2.05) is 18.2 Å². The van der Waals surface area contributed by atoms with Gasteiger partial charge in [-0.15, -0.1) is 0 Å². The van der Waals surface area contributed by atoms with Crippen LogP contribution in [0.4, 0.5) is 14.5 Å². The van der Waals surface area contributed by atoms with Gasteiger partial charge in [-0.3, -0.25) is 14.6 Å². The Bertz CT molecular complexity index is 1400. The van der Waals surface area contributed by atoms with Crippen LogP contribution in [0.1, 0.15) is 16.8 Å². The van der Waals surface area contributed by atoms with Crippen molar-refractivity contribution in [1.29, 1.82) is 5.26 Å². The molecule has 2 fully saturated rings. The molecule has 2 aliphatic rings. The summed E-state index contributed by atoms with van der Waals surface area (Å²) in [4.78, 5) is 35.4. The largest absolute Gasteiger partial charge is 0.369 e. The number of halogens is 2. The number of piperazine rings is 1. The van der Waals surface area contributed by atoms with Gasteiger partial charge in [0.2, 0.25) is 5.91 Å². The highest BCUT2D eigenvalue weighted by Crippen LogP contribution is 2.32. The van der Waals surface area contributed by atoms with Crippen LogP contribution in [0.5, 0.6) is 0 Å². The van der Waals surface area contributed by atoms with Gasteiger partial charge in [-0.1, -0.05) is 18.2 Å². The number of likely N-dealkylation sites (N-methyl/N-ethyl adjacent to an activating group) is 1. The highest BCUT2D eigenvalue weighted by Gasteiger charge is 2.47. The number of rotatable bonds is 5. The van der Waals surface area contributed by atoms with Gasteiger partial charge in [0.05, 0.1) is 30.2 Å². The zero-order chi connectivity index (χ0) is 26.9. The lowest BCUT2D eigenvalue weighted by atomic mass is 10.00. The average molecular weight is 519 g/mol. The summed E-state index contributed by atoms with van der Waals surface area (Å²) in [6.07, 6.45) is 0.813. The maximum Gasteiger partial charge on any atom is 0.268 e. The number of hydrogen-bond acceptors (Lipinski definition) is 6. The molecule has 1 aromatic heterocycles. The average Bonchev–Trinajstić information content (AvgIpc) is 3.26. The SMILES string of the molecule is CN1CCN(c2ccc(-c3ccc4nccc(C(=O)NCC(=O)N5CC(F)(F)C[C@H]5C#N)c4c3)cc2)CC1. The van der Waals surface area contributed by atoms with Gasteiger partial charge in [0, 0.05) is 49.9 Å². The standard InChI is InChI=1S/C28H28F2N6O2/c1-34-10-12-35(13-11-34)21-5-2-19(3-6-21)20-4-7-25-24(14-20)23(8-9-32-25)27(38)33-17-26(37)36-18-28(29,30)15-22(36)16-31/h2-9,14,22H,10-13,15,17-18H2,1H3,(H,33,38)/t22-/m0/s1. The van der Waals surface area contributed by atoms with Crippen LogP contribution in [0, 0.1) is 11.3 Å². The second kappa shape index (κ2) is 10.3. The summed E-state index contributed by atoms with van der Waals surface area (Å²) in [5.41, 5.74) is 4.01. The number of anilines is 1. The van der Waals surface area contributed by atoms with Crippen LogP contribution in [-0.2, 0) is 4.79 Å². The van der Waals surface area contributed by atoms with Crippen molar-refractivity contribution in [3.05, 3.63) is 60.3 Å². The van der Waals surface area contributed by atoms with Gasteiger partial charge in [0.25, 0.3) is 11.8 Å². The number of alkyl halides is 2. The van der Waals surface area contributed by atoms with Crippen molar-refractivity contribution in [2.24, 2.45) is 0 Å². The lowest BCUT2D eigenvalue weighted by molar-refractivity contribution is -0.131. The molecule has 3 heterocycles. The third-order valence-corrected chi connectivity index (χ3v) is 7.19. The molecule has 3 aromatic rings. The monoisotopic (exact) mass is 518 g/mol. The Balaban J connectivity index is 1.31. The molecule has 38 heavy (non-hydrogen) atoms. The van der Waals surface area contributed by atoms with Gasteiger partial charge < -0.3 is 20.0 Å². The zero-order valence-corrected chi connectivity index (χ0v) is 21.0. The summed E-state index contributed by atoms with van der Waals surface area (Å²) >= 11 is 0. The molecule has 2 saturated heterocycles. The number of nitriles is 1. The minimum atomic E-state index is -3.11. The molecule has 196 valence electrons. The second-order valence-electron chi connectivity index (χ2n) is 9.84. The summed E-state index contributed by atoms with van der Waals surface area (Å²) in [5, 5.41) is 12.3. The lowest BCUT2D eigenvalue weighted by Gasteiger charge is -2.34. The number of likely N-dealkylation sites (tertiary alicyclic amines) is 1. The summed E-state index contributed by atoms with van der Waals surface area (Å²) in [6.45, 7) is 2.71. The van der Waals surface area contributed by atoms with Gasteiger partial charge in [0.15, 0.2) is 0 Å². The van der Waals surface area contributed by atoms with Crippen molar-refractivity contribution < 1.29 is 18.4 Å². The van der Waals surface area contributed by atoms with E-state index in [-0.39, 0.29) is 0 Å². The van der Waals surface area contributed by atoms with Gasteiger partial charge in [-0.05, 0) is 48.5 Å². The van der Waals surface area contributed by atoms with Gasteiger partial charge in [0.1, 0.15) is 6.04 Å². The topological polar surface area (TPSA) is 92.6 Å². The highest BCUT2D eigenvalue weighted by atomic mass is 19.3. The Morgan fingerprint density at radius 2 is 1.79 bits per heavy atom. The third kappa shape index (κ3) is 5.29. The van der Waals surface area contributed by atoms with Crippen LogP contribution >= 0.6 is 0 Å². The molecule has 5 rings (SSSR count). The Morgan fingerprint density at radius 3 is 2.50 bits per heavy atom. The number of pyridine rings is 1. The number of hydrogen-bond donors (Lipinski definition) is 1. The predicted octanol–water partition coefficient (Wildman–Crippen LogP) is 3.14. The van der Waals surface area contributed by atoms with Crippen LogP contribution in [-0.4, -0.2) is 84.9 Å². The predicted molar refractivity (Wildman–Crippen MR) is 140 cm³/mol. The number of amides is 2.